The summed E-state index contributed by atoms with van der Waals surface area (Å²) < 4.78 is 13.4. The Morgan fingerprint density at radius 1 is 1.06 bits per heavy atom. The summed E-state index contributed by atoms with van der Waals surface area (Å²) in [5.41, 5.74) is 1.70. The summed E-state index contributed by atoms with van der Waals surface area (Å²) in [7, 11) is 1.91. The van der Waals surface area contributed by atoms with Gasteiger partial charge in [0.15, 0.2) is 11.0 Å². The smallest absolute Gasteiger partial charge is 0.234 e. The molecule has 1 aliphatic carbocycles. The molecule has 0 aliphatic heterocycles. The van der Waals surface area contributed by atoms with Gasteiger partial charge in [-0.15, -0.1) is 10.2 Å². The molecule has 1 fully saturated rings. The van der Waals surface area contributed by atoms with E-state index in [0.29, 0.717) is 17.9 Å². The van der Waals surface area contributed by atoms with E-state index in [4.69, 9.17) is 9.47 Å². The third-order valence-corrected chi connectivity index (χ3v) is 6.35. The molecule has 1 saturated carbocycles. The SMILES string of the molecule is CCOc1ccc(NC(=O)CSc2nnc(-c3ccc(OC4CCCC4)cc3)n2C)cc1. The fourth-order valence-corrected chi connectivity index (χ4v) is 4.41. The van der Waals surface area contributed by atoms with Crippen LogP contribution in [0.25, 0.3) is 11.4 Å². The van der Waals surface area contributed by atoms with Crippen molar-refractivity contribution in [2.45, 2.75) is 43.9 Å². The standard InChI is InChI=1S/C24H28N4O3S/c1-3-30-19-14-10-18(11-15-19)25-22(29)16-32-24-27-26-23(28(24)2)17-8-12-21(13-9-17)31-20-6-4-5-7-20/h8-15,20H,3-7,16H2,1-2H3,(H,25,29). The van der Waals surface area contributed by atoms with Crippen molar-refractivity contribution in [1.82, 2.24) is 14.8 Å². The lowest BCUT2D eigenvalue weighted by Gasteiger charge is -2.13. The summed E-state index contributed by atoms with van der Waals surface area (Å²) in [5.74, 6) is 2.57. The summed E-state index contributed by atoms with van der Waals surface area (Å²) in [4.78, 5) is 12.3. The first kappa shape index (κ1) is 22.2. The van der Waals surface area contributed by atoms with E-state index in [1.165, 1.54) is 24.6 Å². The van der Waals surface area contributed by atoms with Crippen molar-refractivity contribution in [2.75, 3.05) is 17.7 Å². The number of hydrogen-bond donors (Lipinski definition) is 1. The van der Waals surface area contributed by atoms with Gasteiger partial charge in [-0.05, 0) is 81.1 Å². The Morgan fingerprint density at radius 3 is 2.44 bits per heavy atom. The molecule has 0 spiro atoms. The lowest BCUT2D eigenvalue weighted by molar-refractivity contribution is -0.113. The van der Waals surface area contributed by atoms with E-state index in [1.54, 1.807) is 0 Å². The van der Waals surface area contributed by atoms with Crippen molar-refractivity contribution in [3.8, 4) is 22.9 Å². The maximum Gasteiger partial charge on any atom is 0.234 e. The first-order valence-corrected chi connectivity index (χ1v) is 11.9. The first-order chi connectivity index (χ1) is 15.6. The monoisotopic (exact) mass is 452 g/mol. The molecule has 0 atom stereocenters. The number of hydrogen-bond acceptors (Lipinski definition) is 6. The van der Waals surface area contributed by atoms with Gasteiger partial charge in [-0.2, -0.15) is 0 Å². The molecule has 1 aliphatic rings. The minimum absolute atomic E-state index is 0.0999. The number of ether oxygens (including phenoxy) is 2. The summed E-state index contributed by atoms with van der Waals surface area (Å²) in [6.07, 6.45) is 5.11. The predicted octanol–water partition coefficient (Wildman–Crippen LogP) is 4.93. The minimum atomic E-state index is -0.0999. The van der Waals surface area contributed by atoms with E-state index in [0.717, 1.165) is 41.4 Å². The molecule has 168 valence electrons. The Hall–Kier alpha value is -3.00. The number of carbonyl (C=O) groups is 1. The van der Waals surface area contributed by atoms with Crippen LogP contribution in [0.1, 0.15) is 32.6 Å². The van der Waals surface area contributed by atoms with E-state index < -0.39 is 0 Å². The zero-order valence-electron chi connectivity index (χ0n) is 18.4. The molecule has 0 unspecified atom stereocenters. The van der Waals surface area contributed by atoms with E-state index in [2.05, 4.69) is 15.5 Å². The number of thioether (sulfide) groups is 1. The average molecular weight is 453 g/mol. The Morgan fingerprint density at radius 2 is 1.75 bits per heavy atom. The molecule has 3 aromatic rings. The molecule has 0 saturated heterocycles. The van der Waals surface area contributed by atoms with E-state index in [1.807, 2.05) is 67.1 Å². The number of benzene rings is 2. The predicted molar refractivity (Wildman–Crippen MR) is 126 cm³/mol. The topological polar surface area (TPSA) is 78.3 Å². The van der Waals surface area contributed by atoms with Crippen molar-refractivity contribution in [1.29, 1.82) is 0 Å². The van der Waals surface area contributed by atoms with E-state index in [9.17, 15) is 4.79 Å². The Kier molecular flexibility index (Phi) is 7.32. The van der Waals surface area contributed by atoms with E-state index >= 15 is 0 Å². The zero-order valence-corrected chi connectivity index (χ0v) is 19.2. The number of nitrogens with zero attached hydrogens (tertiary/aromatic N) is 3. The molecule has 2 aromatic carbocycles. The third kappa shape index (κ3) is 5.62. The highest BCUT2D eigenvalue weighted by Crippen LogP contribution is 2.27. The summed E-state index contributed by atoms with van der Waals surface area (Å²) in [5, 5.41) is 12.1. The van der Waals surface area contributed by atoms with Gasteiger partial charge in [-0.1, -0.05) is 11.8 Å². The second-order valence-electron chi connectivity index (χ2n) is 7.71. The highest BCUT2D eigenvalue weighted by molar-refractivity contribution is 7.99. The fourth-order valence-electron chi connectivity index (χ4n) is 3.70. The van der Waals surface area contributed by atoms with Gasteiger partial charge in [0.25, 0.3) is 0 Å². The van der Waals surface area contributed by atoms with Gasteiger partial charge in [0, 0.05) is 18.3 Å². The van der Waals surface area contributed by atoms with Crippen LogP contribution in [0.2, 0.25) is 0 Å². The minimum Gasteiger partial charge on any atom is -0.494 e. The van der Waals surface area contributed by atoms with Gasteiger partial charge >= 0.3 is 0 Å². The van der Waals surface area contributed by atoms with E-state index in [-0.39, 0.29) is 11.7 Å². The Labute approximate surface area is 192 Å². The number of aromatic nitrogens is 3. The molecule has 0 radical (unpaired) electrons. The quantitative estimate of drug-likeness (QED) is 0.464. The van der Waals surface area contributed by atoms with Gasteiger partial charge in [0.05, 0.1) is 18.5 Å². The van der Waals surface area contributed by atoms with Gasteiger partial charge < -0.3 is 19.4 Å². The lowest BCUT2D eigenvalue weighted by Crippen LogP contribution is -2.14. The van der Waals surface area contributed by atoms with Crippen molar-refractivity contribution in [2.24, 2.45) is 7.05 Å². The lowest BCUT2D eigenvalue weighted by atomic mass is 10.2. The maximum atomic E-state index is 12.3. The number of rotatable bonds is 9. The molecule has 1 heterocycles. The molecule has 8 heteroatoms. The third-order valence-electron chi connectivity index (χ3n) is 5.33. The molecule has 1 amide bonds. The van der Waals surface area contributed by atoms with Crippen LogP contribution in [0.15, 0.2) is 53.7 Å². The Balaban J connectivity index is 1.31. The molecule has 1 aromatic heterocycles. The van der Waals surface area contributed by atoms with Crippen LogP contribution in [-0.4, -0.2) is 39.1 Å². The summed E-state index contributed by atoms with van der Waals surface area (Å²) >= 11 is 1.35. The number of amides is 1. The van der Waals surface area contributed by atoms with Crippen LogP contribution in [-0.2, 0) is 11.8 Å². The Bertz CT molecular complexity index is 1030. The van der Waals surface area contributed by atoms with Gasteiger partial charge in [-0.3, -0.25) is 4.79 Å². The summed E-state index contributed by atoms with van der Waals surface area (Å²) in [6, 6.07) is 15.3. The number of nitrogens with one attached hydrogen (secondary N) is 1. The summed E-state index contributed by atoms with van der Waals surface area (Å²) in [6.45, 7) is 2.55. The van der Waals surface area contributed by atoms with Gasteiger partial charge in [0.1, 0.15) is 11.5 Å². The van der Waals surface area contributed by atoms with Gasteiger partial charge in [0.2, 0.25) is 5.91 Å². The largest absolute Gasteiger partial charge is 0.494 e. The zero-order chi connectivity index (χ0) is 22.3. The normalized spacial score (nSPS) is 13.8. The molecule has 7 nitrogen and oxygen atoms in total. The molecule has 0 bridgehead atoms. The maximum absolute atomic E-state index is 12.3. The van der Waals surface area contributed by atoms with Crippen molar-refractivity contribution >= 4 is 23.4 Å². The highest BCUT2D eigenvalue weighted by Gasteiger charge is 2.17. The molecular formula is C24H28N4O3S. The van der Waals surface area contributed by atoms with Crippen LogP contribution in [0.4, 0.5) is 5.69 Å². The number of anilines is 1. The van der Waals surface area contributed by atoms with Crippen molar-refractivity contribution < 1.29 is 14.3 Å². The average Bonchev–Trinajstić information content (AvgIpc) is 3.44. The second-order valence-corrected chi connectivity index (χ2v) is 8.65. The molecular weight excluding hydrogens is 424 g/mol. The van der Waals surface area contributed by atoms with Crippen LogP contribution < -0.4 is 14.8 Å². The molecule has 32 heavy (non-hydrogen) atoms. The van der Waals surface area contributed by atoms with Crippen LogP contribution in [0.5, 0.6) is 11.5 Å². The van der Waals surface area contributed by atoms with Crippen molar-refractivity contribution in [3.63, 3.8) is 0 Å². The van der Waals surface area contributed by atoms with Crippen LogP contribution in [0, 0.1) is 0 Å². The van der Waals surface area contributed by atoms with Gasteiger partial charge in [-0.25, -0.2) is 0 Å². The van der Waals surface area contributed by atoms with Crippen LogP contribution >= 0.6 is 11.8 Å². The fraction of sp³-hybridized carbons (Fsp3) is 0.375. The molecule has 1 N–H and O–H groups in total. The van der Waals surface area contributed by atoms with Crippen molar-refractivity contribution in [3.05, 3.63) is 48.5 Å². The first-order valence-electron chi connectivity index (χ1n) is 10.9. The molecule has 4 rings (SSSR count). The second kappa shape index (κ2) is 10.5. The van der Waals surface area contributed by atoms with Crippen LogP contribution in [0.3, 0.4) is 0 Å². The highest BCUT2D eigenvalue weighted by atomic mass is 32.2. The number of carbonyl (C=O) groups excluding carboxylic acids is 1.